The number of fused-ring (bicyclic) bond motifs is 1. The molecule has 1 saturated heterocycles. The van der Waals surface area contributed by atoms with Gasteiger partial charge in [-0.1, -0.05) is 23.8 Å². The Bertz CT molecular complexity index is 226. The Morgan fingerprint density at radius 2 is 2.50 bits per heavy atom. The summed E-state index contributed by atoms with van der Waals surface area (Å²) in [6.07, 6.45) is 5.58. The lowest BCUT2D eigenvalue weighted by molar-refractivity contribution is 0.378. The standard InChI is InChI=1S/C6H4Cl2OP/c7-4-2-1-3-5-6(4,8)10-9-5/h1-4H. The summed E-state index contributed by atoms with van der Waals surface area (Å²) in [7, 11) is 0.756. The van der Waals surface area contributed by atoms with Gasteiger partial charge in [-0.3, -0.25) is 0 Å². The highest BCUT2D eigenvalue weighted by Crippen LogP contribution is 2.60. The van der Waals surface area contributed by atoms with Gasteiger partial charge in [0.15, 0.2) is 13.4 Å². The molecule has 4 heteroatoms. The molecule has 2 rings (SSSR count). The number of hydrogen-bond acceptors (Lipinski definition) is 1. The molecule has 1 aliphatic heterocycles. The van der Waals surface area contributed by atoms with Crippen molar-refractivity contribution < 1.29 is 4.52 Å². The summed E-state index contributed by atoms with van der Waals surface area (Å²) >= 11 is 12.0. The van der Waals surface area contributed by atoms with Crippen molar-refractivity contribution in [3.8, 4) is 0 Å². The van der Waals surface area contributed by atoms with Crippen LogP contribution in [0.5, 0.6) is 0 Å². The zero-order valence-corrected chi connectivity index (χ0v) is 7.33. The average molecular weight is 194 g/mol. The maximum Gasteiger partial charge on any atom is 0.185 e. The Morgan fingerprint density at radius 3 is 2.90 bits per heavy atom. The van der Waals surface area contributed by atoms with E-state index in [4.69, 9.17) is 27.7 Å². The van der Waals surface area contributed by atoms with Crippen LogP contribution in [0.1, 0.15) is 0 Å². The molecule has 2 aliphatic rings. The molecule has 1 heterocycles. The number of allylic oxidation sites excluding steroid dienone is 4. The zero-order chi connectivity index (χ0) is 7.19. The van der Waals surface area contributed by atoms with Crippen molar-refractivity contribution in [1.29, 1.82) is 0 Å². The third kappa shape index (κ3) is 0.747. The molecule has 0 N–H and O–H groups in total. The average Bonchev–Trinajstić information content (AvgIpc) is 1.90. The smallest absolute Gasteiger partial charge is 0.185 e. The van der Waals surface area contributed by atoms with Crippen molar-refractivity contribution >= 4 is 32.0 Å². The predicted molar refractivity (Wildman–Crippen MR) is 43.5 cm³/mol. The van der Waals surface area contributed by atoms with Crippen molar-refractivity contribution in [3.63, 3.8) is 0 Å². The zero-order valence-electron chi connectivity index (χ0n) is 4.92. The summed E-state index contributed by atoms with van der Waals surface area (Å²) in [6.45, 7) is 0. The summed E-state index contributed by atoms with van der Waals surface area (Å²) in [5, 5.41) is -0.135. The molecule has 1 nitrogen and oxygen atoms in total. The van der Waals surface area contributed by atoms with Crippen molar-refractivity contribution in [2.24, 2.45) is 0 Å². The molecule has 0 saturated carbocycles. The van der Waals surface area contributed by atoms with Crippen molar-refractivity contribution in [2.45, 2.75) is 9.99 Å². The van der Waals surface area contributed by atoms with Crippen LogP contribution in [0.4, 0.5) is 0 Å². The Balaban J connectivity index is 2.35. The minimum Gasteiger partial charge on any atom is -0.466 e. The fourth-order valence-electron chi connectivity index (χ4n) is 0.887. The third-order valence-corrected chi connectivity index (χ3v) is 3.93. The van der Waals surface area contributed by atoms with Gasteiger partial charge in [0.25, 0.3) is 0 Å². The Hall–Kier alpha value is 0.290. The first-order valence-corrected chi connectivity index (χ1v) is 4.47. The highest BCUT2D eigenvalue weighted by molar-refractivity contribution is 7.40. The molecule has 0 aromatic rings. The first kappa shape index (κ1) is 6.97. The molecule has 1 fully saturated rings. The monoisotopic (exact) mass is 193 g/mol. The first-order valence-electron chi connectivity index (χ1n) is 2.84. The molecule has 10 heavy (non-hydrogen) atoms. The van der Waals surface area contributed by atoms with Crippen LogP contribution < -0.4 is 0 Å². The van der Waals surface area contributed by atoms with Crippen molar-refractivity contribution in [2.75, 3.05) is 0 Å². The van der Waals surface area contributed by atoms with E-state index >= 15 is 0 Å². The minimum absolute atomic E-state index is 0.135. The van der Waals surface area contributed by atoms with Crippen LogP contribution in [-0.2, 0) is 4.52 Å². The quantitative estimate of drug-likeness (QED) is 0.425. The molecular weight excluding hydrogens is 190 g/mol. The number of halogens is 2. The molecule has 0 amide bonds. The van der Waals surface area contributed by atoms with E-state index in [1.165, 1.54) is 0 Å². The van der Waals surface area contributed by atoms with Crippen LogP contribution in [0.3, 0.4) is 0 Å². The van der Waals surface area contributed by atoms with Gasteiger partial charge in [0.05, 0.1) is 5.38 Å². The molecule has 53 valence electrons. The number of hydrogen-bond donors (Lipinski definition) is 0. The van der Waals surface area contributed by atoms with Crippen LogP contribution >= 0.6 is 32.0 Å². The maximum absolute atomic E-state index is 6.07. The second-order valence-electron chi connectivity index (χ2n) is 2.17. The van der Waals surface area contributed by atoms with Gasteiger partial charge in [0.1, 0.15) is 5.76 Å². The Kier molecular flexibility index (Phi) is 1.49. The van der Waals surface area contributed by atoms with Gasteiger partial charge in [-0.15, -0.1) is 11.6 Å². The van der Waals surface area contributed by atoms with Crippen molar-refractivity contribution in [3.05, 3.63) is 24.0 Å². The summed E-state index contributed by atoms with van der Waals surface area (Å²) in [6, 6.07) is 0. The second-order valence-corrected chi connectivity index (χ2v) is 4.57. The van der Waals surface area contributed by atoms with Gasteiger partial charge in [-0.25, -0.2) is 0 Å². The van der Waals surface area contributed by atoms with Gasteiger partial charge >= 0.3 is 0 Å². The van der Waals surface area contributed by atoms with E-state index in [9.17, 15) is 0 Å². The van der Waals surface area contributed by atoms with Gasteiger partial charge < -0.3 is 4.52 Å². The second kappa shape index (κ2) is 2.14. The van der Waals surface area contributed by atoms with E-state index in [1.54, 1.807) is 0 Å². The molecule has 1 radical (unpaired) electrons. The fraction of sp³-hybridized carbons (Fsp3) is 0.333. The lowest BCUT2D eigenvalue weighted by Crippen LogP contribution is -2.38. The first-order chi connectivity index (χ1) is 4.73. The van der Waals surface area contributed by atoms with Crippen LogP contribution in [0.2, 0.25) is 0 Å². The largest absolute Gasteiger partial charge is 0.466 e. The van der Waals surface area contributed by atoms with Crippen LogP contribution in [-0.4, -0.2) is 9.99 Å². The van der Waals surface area contributed by atoms with E-state index < -0.39 is 4.62 Å². The van der Waals surface area contributed by atoms with Gasteiger partial charge in [-0.2, -0.15) is 0 Å². The van der Waals surface area contributed by atoms with E-state index in [-0.39, 0.29) is 5.38 Å². The lowest BCUT2D eigenvalue weighted by atomic mass is 10.1. The summed E-state index contributed by atoms with van der Waals surface area (Å²) in [4.78, 5) is 0. The summed E-state index contributed by atoms with van der Waals surface area (Å²) in [5.41, 5.74) is 0. The summed E-state index contributed by atoms with van der Waals surface area (Å²) < 4.78 is 4.61. The molecule has 0 aromatic carbocycles. The Labute approximate surface area is 70.9 Å². The van der Waals surface area contributed by atoms with Gasteiger partial charge in [-0.05, 0) is 6.08 Å². The highest BCUT2D eigenvalue weighted by Gasteiger charge is 2.51. The fourth-order valence-corrected chi connectivity index (χ4v) is 2.23. The van der Waals surface area contributed by atoms with Gasteiger partial charge in [0, 0.05) is 0 Å². The summed E-state index contributed by atoms with van der Waals surface area (Å²) in [5.74, 6) is 0.790. The molecule has 0 bridgehead atoms. The van der Waals surface area contributed by atoms with Crippen LogP contribution in [0.15, 0.2) is 24.0 Å². The van der Waals surface area contributed by atoms with Gasteiger partial charge in [0.2, 0.25) is 0 Å². The minimum atomic E-state index is -0.462. The molecule has 2 unspecified atom stereocenters. The molecule has 0 aromatic heterocycles. The van der Waals surface area contributed by atoms with Crippen LogP contribution in [0, 0.1) is 0 Å². The number of rotatable bonds is 0. The molecular formula is C6H4Cl2OP. The SMILES string of the molecule is ClC1C=CC=C2O[P]C21Cl. The van der Waals surface area contributed by atoms with E-state index in [0.717, 1.165) is 14.6 Å². The van der Waals surface area contributed by atoms with Crippen molar-refractivity contribution in [1.82, 2.24) is 0 Å². The highest BCUT2D eigenvalue weighted by atomic mass is 35.5. The van der Waals surface area contributed by atoms with E-state index in [2.05, 4.69) is 0 Å². The Morgan fingerprint density at radius 1 is 1.70 bits per heavy atom. The third-order valence-electron chi connectivity index (χ3n) is 1.52. The number of alkyl halides is 2. The normalized spacial score (nSPS) is 45.4. The van der Waals surface area contributed by atoms with E-state index in [0.29, 0.717) is 0 Å². The lowest BCUT2D eigenvalue weighted by Gasteiger charge is -2.40. The van der Waals surface area contributed by atoms with Crippen LogP contribution in [0.25, 0.3) is 0 Å². The molecule has 0 spiro atoms. The predicted octanol–water partition coefficient (Wildman–Crippen LogP) is 2.87. The molecule has 2 atom stereocenters. The topological polar surface area (TPSA) is 9.23 Å². The molecule has 1 aliphatic carbocycles. The maximum atomic E-state index is 6.07. The van der Waals surface area contributed by atoms with E-state index in [1.807, 2.05) is 18.2 Å².